The van der Waals surface area contributed by atoms with E-state index in [1.54, 1.807) is 0 Å². The zero-order valence-electron chi connectivity index (χ0n) is 18.4. The molecular weight excluding hydrogens is 413 g/mol. The highest BCUT2D eigenvalue weighted by atomic mass is 32.2. The van der Waals surface area contributed by atoms with Crippen LogP contribution in [-0.4, -0.2) is 16.3 Å². The predicted molar refractivity (Wildman–Crippen MR) is 123 cm³/mol. The van der Waals surface area contributed by atoms with Gasteiger partial charge in [-0.1, -0.05) is 33.8 Å². The maximum Gasteiger partial charge on any atom is 0.290 e. The molecule has 4 nitrogen and oxygen atoms in total. The molecule has 0 aromatic heterocycles. The van der Waals surface area contributed by atoms with Gasteiger partial charge in [-0.3, -0.25) is 14.9 Å². The molecule has 2 aromatic rings. The number of halogens is 1. The molecule has 1 aliphatic heterocycles. The van der Waals surface area contributed by atoms with Crippen molar-refractivity contribution in [3.63, 3.8) is 0 Å². The molecule has 2 aliphatic rings. The summed E-state index contributed by atoms with van der Waals surface area (Å²) in [6.07, 6.45) is 3.45. The number of hydrogen-bond donors (Lipinski definition) is 2. The molecule has 0 radical (unpaired) electrons. The minimum atomic E-state index is -0.615. The van der Waals surface area contributed by atoms with Gasteiger partial charge in [0.15, 0.2) is 0 Å². The number of phenolic OH excluding ortho intramolecular Hbond substituents is 1. The maximum absolute atomic E-state index is 15.6. The van der Waals surface area contributed by atoms with Crippen molar-refractivity contribution in [2.75, 3.05) is 0 Å². The number of aryl methyl sites for hydroxylation is 1. The molecule has 4 rings (SSSR count). The normalized spacial score (nSPS) is 20.6. The van der Waals surface area contributed by atoms with E-state index in [9.17, 15) is 14.7 Å². The summed E-state index contributed by atoms with van der Waals surface area (Å²) in [7, 11) is 0. The molecule has 0 spiro atoms. The lowest BCUT2D eigenvalue weighted by atomic mass is 9.62. The van der Waals surface area contributed by atoms with Crippen LogP contribution in [-0.2, 0) is 15.6 Å². The van der Waals surface area contributed by atoms with E-state index < -0.39 is 17.0 Å². The topological polar surface area (TPSA) is 66.4 Å². The summed E-state index contributed by atoms with van der Waals surface area (Å²) in [5, 5.41) is 12.3. The summed E-state index contributed by atoms with van der Waals surface area (Å²) < 4.78 is 15.6. The second kappa shape index (κ2) is 7.23. The van der Waals surface area contributed by atoms with Gasteiger partial charge in [0.05, 0.1) is 10.5 Å². The van der Waals surface area contributed by atoms with Crippen molar-refractivity contribution in [1.29, 1.82) is 0 Å². The van der Waals surface area contributed by atoms with Crippen LogP contribution in [0.4, 0.5) is 9.18 Å². The third-order valence-corrected chi connectivity index (χ3v) is 7.36. The molecule has 0 bridgehead atoms. The van der Waals surface area contributed by atoms with Gasteiger partial charge >= 0.3 is 0 Å². The number of nitrogens with one attached hydrogen (secondary N) is 1. The molecule has 0 atom stereocenters. The van der Waals surface area contributed by atoms with Crippen molar-refractivity contribution in [3.05, 3.63) is 57.2 Å². The third kappa shape index (κ3) is 3.67. The van der Waals surface area contributed by atoms with E-state index >= 15 is 4.39 Å². The molecule has 1 fully saturated rings. The predicted octanol–water partition coefficient (Wildman–Crippen LogP) is 6.18. The van der Waals surface area contributed by atoms with Crippen LogP contribution >= 0.6 is 11.8 Å². The van der Waals surface area contributed by atoms with Crippen LogP contribution in [0.5, 0.6) is 5.75 Å². The average Bonchev–Trinajstić information content (AvgIpc) is 2.99. The fourth-order valence-electron chi connectivity index (χ4n) is 4.50. The van der Waals surface area contributed by atoms with Gasteiger partial charge in [0.1, 0.15) is 11.6 Å². The highest BCUT2D eigenvalue weighted by Crippen LogP contribution is 2.48. The molecule has 1 aliphatic carbocycles. The van der Waals surface area contributed by atoms with Crippen molar-refractivity contribution >= 4 is 29.0 Å². The number of aromatic hydroxyl groups is 1. The molecular formula is C25H26FNO3S. The average molecular weight is 440 g/mol. The third-order valence-electron chi connectivity index (χ3n) is 6.55. The number of fused-ring (bicyclic) bond motifs is 1. The number of hydrogen-bond acceptors (Lipinski definition) is 4. The van der Waals surface area contributed by atoms with E-state index in [0.29, 0.717) is 5.56 Å². The zero-order valence-corrected chi connectivity index (χ0v) is 19.2. The largest absolute Gasteiger partial charge is 0.507 e. The summed E-state index contributed by atoms with van der Waals surface area (Å²) >= 11 is 0.737. The number of phenols is 1. The summed E-state index contributed by atoms with van der Waals surface area (Å²) in [5.74, 6) is -1.32. The van der Waals surface area contributed by atoms with Gasteiger partial charge in [0, 0.05) is 5.56 Å². The summed E-state index contributed by atoms with van der Waals surface area (Å²) in [6, 6.07) is 6.98. The number of carbonyl (C=O) groups is 2. The van der Waals surface area contributed by atoms with E-state index in [1.165, 1.54) is 29.3 Å². The van der Waals surface area contributed by atoms with Gasteiger partial charge in [-0.05, 0) is 88.9 Å². The molecule has 1 saturated heterocycles. The van der Waals surface area contributed by atoms with E-state index in [-0.39, 0.29) is 32.6 Å². The fourth-order valence-corrected chi connectivity index (χ4v) is 5.18. The summed E-state index contributed by atoms with van der Waals surface area (Å²) in [4.78, 5) is 23.4. The first-order valence-electron chi connectivity index (χ1n) is 10.3. The minimum Gasteiger partial charge on any atom is -0.507 e. The minimum absolute atomic E-state index is 0.0284. The van der Waals surface area contributed by atoms with Crippen LogP contribution in [0.1, 0.15) is 62.8 Å². The number of imide groups is 1. The smallest absolute Gasteiger partial charge is 0.290 e. The van der Waals surface area contributed by atoms with Crippen molar-refractivity contribution in [3.8, 4) is 16.9 Å². The van der Waals surface area contributed by atoms with Gasteiger partial charge in [-0.15, -0.1) is 0 Å². The highest BCUT2D eigenvalue weighted by molar-refractivity contribution is 8.18. The number of amides is 2. The van der Waals surface area contributed by atoms with Crippen LogP contribution < -0.4 is 5.32 Å². The first-order valence-corrected chi connectivity index (χ1v) is 11.1. The van der Waals surface area contributed by atoms with Gasteiger partial charge in [0.2, 0.25) is 0 Å². The van der Waals surface area contributed by atoms with Crippen molar-refractivity contribution < 1.29 is 19.1 Å². The Morgan fingerprint density at radius 2 is 1.68 bits per heavy atom. The number of carbonyl (C=O) groups excluding carboxylic acids is 2. The van der Waals surface area contributed by atoms with Gasteiger partial charge in [-0.25, -0.2) is 4.39 Å². The summed E-state index contributed by atoms with van der Waals surface area (Å²) in [5.41, 5.74) is 4.19. The molecule has 31 heavy (non-hydrogen) atoms. The Hall–Kier alpha value is -2.60. The Morgan fingerprint density at radius 1 is 1.06 bits per heavy atom. The van der Waals surface area contributed by atoms with Crippen LogP contribution in [0, 0.1) is 12.7 Å². The van der Waals surface area contributed by atoms with Crippen molar-refractivity contribution in [2.45, 2.75) is 58.3 Å². The molecule has 162 valence electrons. The molecule has 2 amide bonds. The lowest BCUT2D eigenvalue weighted by Crippen LogP contribution is -2.34. The lowest BCUT2D eigenvalue weighted by molar-refractivity contribution is -0.115. The molecule has 2 aromatic carbocycles. The standard InChI is InChI=1S/C25H26FNO3S/c1-13-10-16-17(25(4,5)9-8-24(16,2)3)12-15(13)20-18(28)7-6-14(21(20)26)11-19-22(29)27-23(30)31-19/h6-7,10-12,28H,8-9H2,1-5H3,(H,27,29,30)/b19-11+. The van der Waals surface area contributed by atoms with E-state index in [1.807, 2.05) is 13.0 Å². The first kappa shape index (κ1) is 21.6. The highest BCUT2D eigenvalue weighted by Gasteiger charge is 2.38. The molecule has 2 N–H and O–H groups in total. The quantitative estimate of drug-likeness (QED) is 0.549. The second-order valence-electron chi connectivity index (χ2n) is 9.70. The Bertz CT molecular complexity index is 1160. The van der Waals surface area contributed by atoms with Crippen LogP contribution in [0.2, 0.25) is 0 Å². The Labute approximate surface area is 185 Å². The first-order chi connectivity index (χ1) is 14.4. The fraction of sp³-hybridized carbons (Fsp3) is 0.360. The molecule has 6 heteroatoms. The SMILES string of the molecule is Cc1cc2c(cc1-c1c(O)ccc(/C=C3/SC(=O)NC3=O)c1F)C(C)(C)CCC2(C)C. The van der Waals surface area contributed by atoms with E-state index in [2.05, 4.69) is 39.1 Å². The van der Waals surface area contributed by atoms with Crippen LogP contribution in [0.3, 0.4) is 0 Å². The Balaban J connectivity index is 1.91. The van der Waals surface area contributed by atoms with Gasteiger partial charge in [-0.2, -0.15) is 0 Å². The maximum atomic E-state index is 15.6. The van der Waals surface area contributed by atoms with Crippen LogP contribution in [0.25, 0.3) is 17.2 Å². The van der Waals surface area contributed by atoms with Crippen LogP contribution in [0.15, 0.2) is 29.2 Å². The Kier molecular flexibility index (Phi) is 5.04. The zero-order chi connectivity index (χ0) is 22.7. The van der Waals surface area contributed by atoms with E-state index in [0.717, 1.165) is 30.2 Å². The number of rotatable bonds is 2. The molecule has 0 unspecified atom stereocenters. The number of benzene rings is 2. The summed E-state index contributed by atoms with van der Waals surface area (Å²) in [6.45, 7) is 10.8. The van der Waals surface area contributed by atoms with Crippen molar-refractivity contribution in [1.82, 2.24) is 5.32 Å². The second-order valence-corrected chi connectivity index (χ2v) is 10.7. The molecule has 1 heterocycles. The monoisotopic (exact) mass is 439 g/mol. The molecule has 0 saturated carbocycles. The van der Waals surface area contributed by atoms with Gasteiger partial charge < -0.3 is 5.11 Å². The lowest BCUT2D eigenvalue weighted by Gasteiger charge is -2.42. The number of thioether (sulfide) groups is 1. The van der Waals surface area contributed by atoms with E-state index in [4.69, 9.17) is 0 Å². The Morgan fingerprint density at radius 3 is 2.26 bits per heavy atom. The van der Waals surface area contributed by atoms with Crippen molar-refractivity contribution in [2.24, 2.45) is 0 Å². The van der Waals surface area contributed by atoms with Gasteiger partial charge in [0.25, 0.3) is 11.1 Å².